The number of carbonyl (C=O) groups is 4. The number of carbonyl (C=O) groups excluding carboxylic acids is 4. The van der Waals surface area contributed by atoms with Gasteiger partial charge in [0.1, 0.15) is 0 Å². The number of H-pyrrole nitrogens is 1. The molecular weight excluding hydrogens is 526 g/mol. The van der Waals surface area contributed by atoms with Crippen molar-refractivity contribution in [2.45, 2.75) is 12.5 Å². The number of aromatic amines is 1. The van der Waals surface area contributed by atoms with Crippen molar-refractivity contribution in [1.82, 2.24) is 24.0 Å². The summed E-state index contributed by atoms with van der Waals surface area (Å²) >= 11 is 0. The number of nitrogens with zero attached hydrogens (tertiary/aromatic N) is 6. The van der Waals surface area contributed by atoms with Gasteiger partial charge in [-0.2, -0.15) is 4.98 Å². The lowest BCUT2D eigenvalue weighted by atomic mass is 10.1. The number of ether oxygens (including phenoxy) is 2. The first-order chi connectivity index (χ1) is 19.0. The second-order valence-electron chi connectivity index (χ2n) is 9.53. The second-order valence-corrected chi connectivity index (χ2v) is 9.53. The van der Waals surface area contributed by atoms with E-state index < -0.39 is 41.0 Å². The van der Waals surface area contributed by atoms with Gasteiger partial charge in [0.25, 0.3) is 11.5 Å². The van der Waals surface area contributed by atoms with E-state index in [1.54, 1.807) is 0 Å². The summed E-state index contributed by atoms with van der Waals surface area (Å²) in [5, 5.41) is 0. The fraction of sp³-hybridized carbons (Fsp3) is 0.400. The maximum atomic E-state index is 13.5. The lowest BCUT2D eigenvalue weighted by Crippen LogP contribution is -2.53. The topological polar surface area (TPSA) is 169 Å². The van der Waals surface area contributed by atoms with Crippen LogP contribution in [-0.2, 0) is 33.2 Å². The number of hydrogen-bond acceptors (Lipinski definition) is 11. The van der Waals surface area contributed by atoms with Gasteiger partial charge in [0.15, 0.2) is 11.2 Å². The Kier molecular flexibility index (Phi) is 6.75. The Hall–Kier alpha value is -4.79. The van der Waals surface area contributed by atoms with Crippen LogP contribution in [0.3, 0.4) is 0 Å². The molecule has 0 aliphatic carbocycles. The van der Waals surface area contributed by atoms with E-state index >= 15 is 0 Å². The number of methoxy groups -OCH3 is 2. The highest BCUT2D eigenvalue weighted by atomic mass is 16.5. The van der Waals surface area contributed by atoms with Gasteiger partial charge in [-0.3, -0.25) is 28.4 Å². The normalized spacial score (nSPS) is 18.1. The van der Waals surface area contributed by atoms with Gasteiger partial charge < -0.3 is 19.4 Å². The molecule has 15 heteroatoms. The SMILES string of the molecule is COC(=O)c1cc(C(=O)OC)cc(N2C(=O)CC(N3CCN(c4nc5c([nH]4)c(=O)n(C)c(=O)n5C)CC3)C2=O)c1. The lowest BCUT2D eigenvalue weighted by Gasteiger charge is -2.36. The number of rotatable bonds is 5. The molecule has 40 heavy (non-hydrogen) atoms. The third-order valence-electron chi connectivity index (χ3n) is 7.28. The van der Waals surface area contributed by atoms with Crippen molar-refractivity contribution < 1.29 is 28.7 Å². The number of anilines is 2. The molecule has 0 bridgehead atoms. The van der Waals surface area contributed by atoms with Gasteiger partial charge in [-0.1, -0.05) is 0 Å². The number of aryl methyl sites for hydroxylation is 1. The van der Waals surface area contributed by atoms with E-state index in [0.717, 1.165) is 9.47 Å². The number of benzene rings is 1. The van der Waals surface area contributed by atoms with Crippen LogP contribution in [0.2, 0.25) is 0 Å². The van der Waals surface area contributed by atoms with E-state index in [1.807, 2.05) is 9.80 Å². The van der Waals surface area contributed by atoms with Crippen LogP contribution < -0.4 is 21.0 Å². The number of imidazole rings is 1. The van der Waals surface area contributed by atoms with Gasteiger partial charge in [0.05, 0.1) is 43.5 Å². The maximum Gasteiger partial charge on any atom is 0.337 e. The summed E-state index contributed by atoms with van der Waals surface area (Å²) in [5.41, 5.74) is -0.420. The van der Waals surface area contributed by atoms with Crippen molar-refractivity contribution in [1.29, 1.82) is 0 Å². The molecule has 1 N–H and O–H groups in total. The highest BCUT2D eigenvalue weighted by Crippen LogP contribution is 2.29. The first-order valence-electron chi connectivity index (χ1n) is 12.4. The van der Waals surface area contributed by atoms with E-state index in [1.165, 1.54) is 51.1 Å². The van der Waals surface area contributed by atoms with E-state index in [9.17, 15) is 28.8 Å². The number of imide groups is 1. The average Bonchev–Trinajstić information content (AvgIpc) is 3.55. The van der Waals surface area contributed by atoms with Crippen molar-refractivity contribution in [3.05, 3.63) is 50.2 Å². The molecule has 0 radical (unpaired) electrons. The van der Waals surface area contributed by atoms with Crippen LogP contribution in [-0.4, -0.2) is 94.2 Å². The molecule has 5 rings (SSSR count). The largest absolute Gasteiger partial charge is 0.465 e. The molecule has 2 aliphatic rings. The Labute approximate surface area is 226 Å². The standard InChI is InChI=1S/C25H27N7O8/c1-28-19-18(21(35)29(2)25(28)38)26-24(27-19)31-7-5-30(6-8-31)16-12-17(33)32(20(16)34)15-10-13(22(36)39-3)9-14(11-15)23(37)40-4/h9-11,16H,5-8,12H2,1-4H3,(H,26,27). The minimum atomic E-state index is -0.734. The quantitative estimate of drug-likeness (QED) is 0.303. The van der Waals surface area contributed by atoms with Crippen LogP contribution in [0.15, 0.2) is 27.8 Å². The molecular formula is C25H27N7O8. The molecule has 0 spiro atoms. The molecule has 2 aliphatic heterocycles. The highest BCUT2D eigenvalue weighted by Gasteiger charge is 2.44. The minimum absolute atomic E-state index is 0.00349. The number of esters is 2. The summed E-state index contributed by atoms with van der Waals surface area (Å²) in [6.45, 7) is 1.72. The number of aromatic nitrogens is 4. The highest BCUT2D eigenvalue weighted by molar-refractivity contribution is 6.23. The molecule has 0 saturated carbocycles. The van der Waals surface area contributed by atoms with E-state index in [2.05, 4.69) is 9.97 Å². The number of fused-ring (bicyclic) bond motifs is 1. The molecule has 4 heterocycles. The van der Waals surface area contributed by atoms with Crippen molar-refractivity contribution in [2.75, 3.05) is 50.2 Å². The van der Waals surface area contributed by atoms with E-state index in [-0.39, 0.29) is 34.4 Å². The molecule has 3 aromatic rings. The number of amides is 2. The van der Waals surface area contributed by atoms with Gasteiger partial charge in [-0.25, -0.2) is 19.3 Å². The average molecular weight is 554 g/mol. The van der Waals surface area contributed by atoms with Gasteiger partial charge >= 0.3 is 17.6 Å². The Balaban J connectivity index is 1.35. The van der Waals surface area contributed by atoms with Gasteiger partial charge in [0.2, 0.25) is 11.9 Å². The lowest BCUT2D eigenvalue weighted by molar-refractivity contribution is -0.123. The molecule has 2 amide bonds. The zero-order valence-corrected chi connectivity index (χ0v) is 22.3. The summed E-state index contributed by atoms with van der Waals surface area (Å²) in [5.74, 6) is -1.98. The summed E-state index contributed by atoms with van der Waals surface area (Å²) in [6, 6.07) is 3.19. The Morgan fingerprint density at radius 3 is 2.08 bits per heavy atom. The molecule has 2 saturated heterocycles. The van der Waals surface area contributed by atoms with Crippen LogP contribution in [0.5, 0.6) is 0 Å². The van der Waals surface area contributed by atoms with Crippen molar-refractivity contribution in [3.8, 4) is 0 Å². The number of hydrogen-bond donors (Lipinski definition) is 1. The molecule has 210 valence electrons. The molecule has 2 aromatic heterocycles. The minimum Gasteiger partial charge on any atom is -0.465 e. The number of piperazine rings is 1. The van der Waals surface area contributed by atoms with Gasteiger partial charge in [0, 0.05) is 40.3 Å². The van der Waals surface area contributed by atoms with E-state index in [4.69, 9.17) is 9.47 Å². The monoisotopic (exact) mass is 553 g/mol. The third kappa shape index (κ3) is 4.33. The Morgan fingerprint density at radius 1 is 0.900 bits per heavy atom. The first-order valence-corrected chi connectivity index (χ1v) is 12.4. The molecule has 15 nitrogen and oxygen atoms in total. The Bertz CT molecular complexity index is 1640. The van der Waals surface area contributed by atoms with E-state index in [0.29, 0.717) is 32.1 Å². The first kappa shape index (κ1) is 26.8. The predicted molar refractivity (Wildman–Crippen MR) is 140 cm³/mol. The summed E-state index contributed by atoms with van der Waals surface area (Å²) in [4.78, 5) is 87.8. The number of nitrogens with one attached hydrogen (secondary N) is 1. The van der Waals surface area contributed by atoms with Crippen LogP contribution in [0.4, 0.5) is 11.6 Å². The molecule has 1 unspecified atom stereocenters. The maximum absolute atomic E-state index is 13.5. The Morgan fingerprint density at radius 2 is 1.50 bits per heavy atom. The van der Waals surface area contributed by atoms with Crippen molar-refractivity contribution >= 4 is 46.6 Å². The van der Waals surface area contributed by atoms with Crippen molar-refractivity contribution in [3.63, 3.8) is 0 Å². The van der Waals surface area contributed by atoms with Crippen LogP contribution in [0.25, 0.3) is 11.2 Å². The smallest absolute Gasteiger partial charge is 0.337 e. The van der Waals surface area contributed by atoms with Gasteiger partial charge in [-0.05, 0) is 18.2 Å². The van der Waals surface area contributed by atoms with Crippen molar-refractivity contribution in [2.24, 2.45) is 14.1 Å². The summed E-state index contributed by atoms with van der Waals surface area (Å²) < 4.78 is 11.8. The summed E-state index contributed by atoms with van der Waals surface area (Å²) in [6.07, 6.45) is -0.0718. The predicted octanol–water partition coefficient (Wildman–Crippen LogP) is -1.01. The fourth-order valence-electron chi connectivity index (χ4n) is 5.09. The van der Waals surface area contributed by atoms with Crippen LogP contribution >= 0.6 is 0 Å². The van der Waals surface area contributed by atoms with Gasteiger partial charge in [-0.15, -0.1) is 0 Å². The zero-order valence-electron chi connectivity index (χ0n) is 22.3. The molecule has 1 aromatic carbocycles. The second kappa shape index (κ2) is 10.1. The summed E-state index contributed by atoms with van der Waals surface area (Å²) in [7, 11) is 5.30. The zero-order chi connectivity index (χ0) is 28.9. The fourth-order valence-corrected chi connectivity index (χ4v) is 5.09. The van der Waals surface area contributed by atoms with Crippen LogP contribution in [0.1, 0.15) is 27.1 Å². The van der Waals surface area contributed by atoms with Crippen LogP contribution in [0, 0.1) is 0 Å². The third-order valence-corrected chi connectivity index (χ3v) is 7.28. The molecule has 1 atom stereocenters. The molecule has 2 fully saturated rings.